The van der Waals surface area contributed by atoms with E-state index in [0.29, 0.717) is 0 Å². The van der Waals surface area contributed by atoms with Crippen LogP contribution in [0.15, 0.2) is 0 Å². The molecule has 1 aliphatic heterocycles. The standard InChI is InChI=1S/C22H34FN3O4/c1-14-15(2)17(14)18(19(28)29)25(7)20(30)22(23)10-12-26(13-11-22)16(27)8-9-21(3,4)24(5)6/h14-15,17-18H,10-13H2,1-7H3,(H,28,29)/t14?,15?,17?,18-/m0/s1. The van der Waals surface area contributed by atoms with Crippen LogP contribution in [-0.4, -0.2) is 89.1 Å². The zero-order valence-electron chi connectivity index (χ0n) is 19.0. The van der Waals surface area contributed by atoms with Gasteiger partial charge in [-0.3, -0.25) is 14.5 Å². The molecule has 1 saturated carbocycles. The molecule has 2 aliphatic rings. The Labute approximate surface area is 178 Å². The van der Waals surface area contributed by atoms with Crippen molar-refractivity contribution in [1.29, 1.82) is 0 Å². The lowest BCUT2D eigenvalue weighted by atomic mass is 9.90. The molecule has 2 rings (SSSR count). The molecule has 0 aromatic heterocycles. The lowest BCUT2D eigenvalue weighted by molar-refractivity contribution is -0.158. The van der Waals surface area contributed by atoms with Crippen LogP contribution < -0.4 is 0 Å². The predicted molar refractivity (Wildman–Crippen MR) is 111 cm³/mol. The van der Waals surface area contributed by atoms with Gasteiger partial charge in [-0.05, 0) is 51.6 Å². The number of likely N-dealkylation sites (tertiary alicyclic amines) is 1. The lowest BCUT2D eigenvalue weighted by Crippen LogP contribution is -2.56. The number of carboxylic acid groups (broad SMARTS) is 1. The van der Waals surface area contributed by atoms with Crippen LogP contribution in [-0.2, 0) is 14.4 Å². The third kappa shape index (κ3) is 4.77. The van der Waals surface area contributed by atoms with Crippen molar-refractivity contribution in [2.24, 2.45) is 17.8 Å². The summed E-state index contributed by atoms with van der Waals surface area (Å²) in [6.07, 6.45) is -0.328. The number of halogens is 1. The number of likely N-dealkylation sites (N-methyl/N-ethyl adjacent to an activating group) is 1. The maximum Gasteiger partial charge on any atom is 0.326 e. The van der Waals surface area contributed by atoms with E-state index in [1.165, 1.54) is 11.9 Å². The number of amides is 2. The van der Waals surface area contributed by atoms with Crippen LogP contribution in [0.5, 0.6) is 0 Å². The van der Waals surface area contributed by atoms with Gasteiger partial charge in [0.05, 0.1) is 5.54 Å². The molecule has 3 atom stereocenters. The van der Waals surface area contributed by atoms with Gasteiger partial charge in [-0.2, -0.15) is 0 Å². The number of carbonyl (C=O) groups excluding carboxylic acids is 2. The normalized spacial score (nSPS) is 26.4. The summed E-state index contributed by atoms with van der Waals surface area (Å²) in [7, 11) is 5.10. The molecule has 1 aliphatic carbocycles. The molecule has 0 aromatic carbocycles. The van der Waals surface area contributed by atoms with Crippen LogP contribution >= 0.6 is 0 Å². The Balaban J connectivity index is 2.03. The molecule has 1 heterocycles. The van der Waals surface area contributed by atoms with Crippen molar-refractivity contribution in [2.75, 3.05) is 34.2 Å². The summed E-state index contributed by atoms with van der Waals surface area (Å²) in [5.41, 5.74) is -2.65. The molecule has 0 radical (unpaired) electrons. The molecule has 7 nitrogen and oxygen atoms in total. The first-order valence-corrected chi connectivity index (χ1v) is 10.4. The molecule has 30 heavy (non-hydrogen) atoms. The van der Waals surface area contributed by atoms with Gasteiger partial charge in [-0.15, -0.1) is 0 Å². The van der Waals surface area contributed by atoms with E-state index in [2.05, 4.69) is 11.8 Å². The molecule has 8 heteroatoms. The van der Waals surface area contributed by atoms with Crippen LogP contribution in [0.4, 0.5) is 4.39 Å². The number of piperidine rings is 1. The Morgan fingerprint density at radius 3 is 2.03 bits per heavy atom. The van der Waals surface area contributed by atoms with E-state index in [4.69, 9.17) is 0 Å². The number of carboxylic acids is 1. The van der Waals surface area contributed by atoms with E-state index < -0.39 is 35.0 Å². The van der Waals surface area contributed by atoms with Crippen LogP contribution in [0.2, 0.25) is 0 Å². The molecule has 168 valence electrons. The van der Waals surface area contributed by atoms with E-state index in [9.17, 15) is 19.5 Å². The van der Waals surface area contributed by atoms with Gasteiger partial charge in [0, 0.05) is 33.0 Å². The van der Waals surface area contributed by atoms with E-state index in [0.717, 1.165) is 4.90 Å². The maximum atomic E-state index is 15.5. The highest BCUT2D eigenvalue weighted by Gasteiger charge is 2.55. The molecule has 0 spiro atoms. The fourth-order valence-corrected chi connectivity index (χ4v) is 3.98. The molecule has 1 N–H and O–H groups in total. The number of carbonyl (C=O) groups is 3. The highest BCUT2D eigenvalue weighted by Crippen LogP contribution is 2.49. The Hall–Kier alpha value is -2.14. The van der Waals surface area contributed by atoms with Gasteiger partial charge in [0.2, 0.25) is 0 Å². The molecule has 2 fully saturated rings. The molecule has 1 saturated heterocycles. The summed E-state index contributed by atoms with van der Waals surface area (Å²) in [4.78, 5) is 41.4. The zero-order valence-corrected chi connectivity index (χ0v) is 19.0. The summed E-state index contributed by atoms with van der Waals surface area (Å²) in [6.45, 7) is 7.81. The first-order valence-electron chi connectivity index (χ1n) is 10.4. The first-order chi connectivity index (χ1) is 13.7. The second-order valence-corrected chi connectivity index (χ2v) is 9.46. The van der Waals surface area contributed by atoms with Gasteiger partial charge in [0.25, 0.3) is 11.8 Å². The van der Waals surface area contributed by atoms with Crippen LogP contribution in [0, 0.1) is 29.6 Å². The maximum absolute atomic E-state index is 15.5. The number of alkyl halides is 1. The average Bonchev–Trinajstić information content (AvgIpc) is 3.25. The second-order valence-electron chi connectivity index (χ2n) is 9.46. The average molecular weight is 424 g/mol. The van der Waals surface area contributed by atoms with Gasteiger partial charge >= 0.3 is 5.97 Å². The Kier molecular flexibility index (Phi) is 6.87. The monoisotopic (exact) mass is 423 g/mol. The van der Waals surface area contributed by atoms with Crippen molar-refractivity contribution in [3.8, 4) is 11.8 Å². The number of hydrogen-bond donors (Lipinski definition) is 1. The molecule has 0 aromatic rings. The van der Waals surface area contributed by atoms with Crippen molar-refractivity contribution in [3.05, 3.63) is 0 Å². The smallest absolute Gasteiger partial charge is 0.326 e. The van der Waals surface area contributed by atoms with Gasteiger partial charge in [0.1, 0.15) is 6.04 Å². The summed E-state index contributed by atoms with van der Waals surface area (Å²) in [5.74, 6) is 3.42. The van der Waals surface area contributed by atoms with E-state index in [1.807, 2.05) is 46.7 Å². The molecule has 0 bridgehead atoms. The minimum absolute atomic E-state index is 0.0694. The quantitative estimate of drug-likeness (QED) is 0.678. The van der Waals surface area contributed by atoms with Crippen LogP contribution in [0.25, 0.3) is 0 Å². The van der Waals surface area contributed by atoms with Gasteiger partial charge < -0.3 is 14.9 Å². The third-order valence-electron chi connectivity index (χ3n) is 7.08. The number of nitrogens with zero attached hydrogens (tertiary/aromatic N) is 3. The van der Waals surface area contributed by atoms with E-state index in [1.54, 1.807) is 0 Å². The SMILES string of the molecule is CC1C(C)C1[C@@H](C(=O)O)N(C)C(=O)C1(F)CCN(C(=O)C#CC(C)(C)N(C)C)CC1. The van der Waals surface area contributed by atoms with Crippen LogP contribution in [0.1, 0.15) is 40.5 Å². The highest BCUT2D eigenvalue weighted by molar-refractivity contribution is 5.94. The summed E-state index contributed by atoms with van der Waals surface area (Å²) in [5, 5.41) is 9.61. The van der Waals surface area contributed by atoms with Gasteiger partial charge in [0.15, 0.2) is 5.67 Å². The number of rotatable bonds is 5. The Morgan fingerprint density at radius 2 is 1.63 bits per heavy atom. The molecular formula is C22H34FN3O4. The van der Waals surface area contributed by atoms with Crippen molar-refractivity contribution < 1.29 is 23.9 Å². The fourth-order valence-electron chi connectivity index (χ4n) is 3.98. The van der Waals surface area contributed by atoms with E-state index >= 15 is 4.39 Å². The second kappa shape index (κ2) is 8.54. The minimum atomic E-state index is -2.17. The van der Waals surface area contributed by atoms with Gasteiger partial charge in [-0.1, -0.05) is 19.8 Å². The predicted octanol–water partition coefficient (Wildman–Crippen LogP) is 1.47. The van der Waals surface area contributed by atoms with Crippen molar-refractivity contribution in [2.45, 2.75) is 57.8 Å². The summed E-state index contributed by atoms with van der Waals surface area (Å²) in [6, 6.07) is -1.03. The fraction of sp³-hybridized carbons (Fsp3) is 0.773. The first kappa shape index (κ1) is 24.1. The zero-order chi connectivity index (χ0) is 23.0. The summed E-state index contributed by atoms with van der Waals surface area (Å²) < 4.78 is 15.5. The van der Waals surface area contributed by atoms with Crippen molar-refractivity contribution >= 4 is 17.8 Å². The third-order valence-corrected chi connectivity index (χ3v) is 7.08. The van der Waals surface area contributed by atoms with E-state index in [-0.39, 0.29) is 43.7 Å². The highest BCUT2D eigenvalue weighted by atomic mass is 19.1. The molecule has 2 amide bonds. The summed E-state index contributed by atoms with van der Waals surface area (Å²) >= 11 is 0. The topological polar surface area (TPSA) is 81.2 Å². The Bertz CT molecular complexity index is 754. The van der Waals surface area contributed by atoms with Crippen molar-refractivity contribution in [3.63, 3.8) is 0 Å². The number of hydrogen-bond acceptors (Lipinski definition) is 4. The molecular weight excluding hydrogens is 389 g/mol. The number of aliphatic carboxylic acids is 1. The largest absolute Gasteiger partial charge is 0.480 e. The lowest BCUT2D eigenvalue weighted by Gasteiger charge is -2.38. The molecule has 2 unspecified atom stereocenters. The Morgan fingerprint density at radius 1 is 1.13 bits per heavy atom. The minimum Gasteiger partial charge on any atom is -0.480 e. The van der Waals surface area contributed by atoms with Crippen molar-refractivity contribution in [1.82, 2.24) is 14.7 Å². The van der Waals surface area contributed by atoms with Crippen LogP contribution in [0.3, 0.4) is 0 Å². The van der Waals surface area contributed by atoms with Gasteiger partial charge in [-0.25, -0.2) is 9.18 Å².